The predicted octanol–water partition coefficient (Wildman–Crippen LogP) is 11.7. The van der Waals surface area contributed by atoms with Crippen molar-refractivity contribution in [3.63, 3.8) is 0 Å². The molecule has 0 aromatic heterocycles. The molecule has 0 aromatic carbocycles. The molecule has 0 bridgehead atoms. The third-order valence-electron chi connectivity index (χ3n) is 12.1. The van der Waals surface area contributed by atoms with Crippen molar-refractivity contribution in [2.45, 2.75) is 226 Å². The zero-order valence-corrected chi connectivity index (χ0v) is 33.7. The first-order valence-electron chi connectivity index (χ1n) is 22.2. The number of rotatable bonds is 31. The fraction of sp³-hybridized carbons (Fsp3) is 0.955. The van der Waals surface area contributed by atoms with Gasteiger partial charge in [-0.25, -0.2) is 0 Å². The lowest BCUT2D eigenvalue weighted by Gasteiger charge is -2.39. The SMILES string of the molecule is CCCCCCCC(CCCCCCC)C(=O)O[C@@H]1CC2(CCN(CCCO)CC2)C[C@H]1OC(=O)C(CCCCCCC)CCCCCCC. The number of piperidine rings is 1. The van der Waals surface area contributed by atoms with Crippen LogP contribution >= 0.6 is 0 Å². The number of nitrogens with zero attached hydrogens (tertiary/aromatic N) is 1. The van der Waals surface area contributed by atoms with Gasteiger partial charge in [-0.05, 0) is 76.3 Å². The van der Waals surface area contributed by atoms with E-state index in [2.05, 4.69) is 32.6 Å². The van der Waals surface area contributed by atoms with E-state index in [0.717, 1.165) is 103 Å². The Bertz CT molecular complexity index is 756. The molecule has 6 heteroatoms. The largest absolute Gasteiger partial charge is 0.458 e. The molecule has 1 spiro atoms. The third kappa shape index (κ3) is 18.6. The molecule has 2 rings (SSSR count). The van der Waals surface area contributed by atoms with Crippen molar-refractivity contribution in [1.82, 2.24) is 4.90 Å². The van der Waals surface area contributed by atoms with Crippen LogP contribution in [0.25, 0.3) is 0 Å². The van der Waals surface area contributed by atoms with E-state index in [1.165, 1.54) is 103 Å². The summed E-state index contributed by atoms with van der Waals surface area (Å²) in [6.45, 7) is 12.1. The fourth-order valence-electron chi connectivity index (χ4n) is 8.62. The van der Waals surface area contributed by atoms with Crippen molar-refractivity contribution < 1.29 is 24.2 Å². The average molecular weight is 706 g/mol. The van der Waals surface area contributed by atoms with Gasteiger partial charge in [0.1, 0.15) is 12.2 Å². The summed E-state index contributed by atoms with van der Waals surface area (Å²) < 4.78 is 13.1. The Morgan fingerprint density at radius 1 is 0.560 bits per heavy atom. The molecule has 1 heterocycles. The Morgan fingerprint density at radius 3 is 1.22 bits per heavy atom. The van der Waals surface area contributed by atoms with Gasteiger partial charge in [-0.1, -0.05) is 156 Å². The Hall–Kier alpha value is -1.14. The second-order valence-corrected chi connectivity index (χ2v) is 16.5. The summed E-state index contributed by atoms with van der Waals surface area (Å²) in [5.74, 6) is -0.179. The van der Waals surface area contributed by atoms with E-state index >= 15 is 0 Å². The van der Waals surface area contributed by atoms with Gasteiger partial charge in [0.05, 0.1) is 11.8 Å². The van der Waals surface area contributed by atoms with Crippen LogP contribution in [0.5, 0.6) is 0 Å². The topological polar surface area (TPSA) is 76.1 Å². The number of hydrogen-bond acceptors (Lipinski definition) is 6. The minimum absolute atomic E-state index is 0.0390. The van der Waals surface area contributed by atoms with Crippen molar-refractivity contribution >= 4 is 11.9 Å². The average Bonchev–Trinajstić information content (AvgIpc) is 3.44. The summed E-state index contributed by atoms with van der Waals surface area (Å²) in [7, 11) is 0. The smallest absolute Gasteiger partial charge is 0.309 e. The van der Waals surface area contributed by atoms with Crippen molar-refractivity contribution in [2.75, 3.05) is 26.2 Å². The maximum absolute atomic E-state index is 14.0. The lowest BCUT2D eigenvalue weighted by molar-refractivity contribution is -0.171. The lowest BCUT2D eigenvalue weighted by Crippen LogP contribution is -2.40. The zero-order valence-electron chi connectivity index (χ0n) is 33.7. The molecule has 2 aliphatic rings. The molecule has 0 unspecified atom stereocenters. The zero-order chi connectivity index (χ0) is 36.3. The van der Waals surface area contributed by atoms with E-state index in [0.29, 0.717) is 0 Å². The molecule has 2 fully saturated rings. The summed E-state index contributed by atoms with van der Waals surface area (Å²) in [6, 6.07) is 0. The molecule has 1 N–H and O–H groups in total. The van der Waals surface area contributed by atoms with E-state index in [1.807, 2.05) is 0 Å². The molecule has 1 aliphatic heterocycles. The minimum atomic E-state index is -0.340. The normalized spacial score (nSPS) is 19.2. The third-order valence-corrected chi connectivity index (χ3v) is 12.1. The number of unbranched alkanes of at least 4 members (excludes halogenated alkanes) is 16. The molecule has 0 radical (unpaired) electrons. The number of aliphatic hydroxyl groups excluding tert-OH is 1. The first kappa shape index (κ1) is 45.0. The van der Waals surface area contributed by atoms with Crippen molar-refractivity contribution in [1.29, 1.82) is 0 Å². The summed E-state index contributed by atoms with van der Waals surface area (Å²) in [5, 5.41) is 9.37. The number of aliphatic hydroxyl groups is 1. The molecule has 0 amide bonds. The van der Waals surface area contributed by atoms with Gasteiger partial charge in [0, 0.05) is 13.2 Å². The van der Waals surface area contributed by atoms with E-state index in [1.54, 1.807) is 0 Å². The molecule has 2 atom stereocenters. The fourth-order valence-corrected chi connectivity index (χ4v) is 8.62. The highest BCUT2D eigenvalue weighted by atomic mass is 16.6. The van der Waals surface area contributed by atoms with Crippen molar-refractivity contribution in [3.8, 4) is 0 Å². The highest BCUT2D eigenvalue weighted by Crippen LogP contribution is 2.49. The molecule has 50 heavy (non-hydrogen) atoms. The first-order chi connectivity index (χ1) is 24.4. The number of carbonyl (C=O) groups is 2. The Labute approximate surface area is 310 Å². The van der Waals surface area contributed by atoms with Gasteiger partial charge in [0.15, 0.2) is 0 Å². The molecule has 1 aliphatic carbocycles. The first-order valence-corrected chi connectivity index (χ1v) is 22.2. The Kier molecular flexibility index (Phi) is 25.5. The van der Waals surface area contributed by atoms with Crippen LogP contribution in [0.1, 0.15) is 214 Å². The van der Waals surface area contributed by atoms with Gasteiger partial charge in [-0.3, -0.25) is 9.59 Å². The number of carbonyl (C=O) groups excluding carboxylic acids is 2. The van der Waals surface area contributed by atoms with Crippen molar-refractivity contribution in [2.24, 2.45) is 17.3 Å². The Morgan fingerprint density at radius 2 is 0.900 bits per heavy atom. The van der Waals surface area contributed by atoms with E-state index in [-0.39, 0.29) is 48.0 Å². The Balaban J connectivity index is 2.16. The maximum atomic E-state index is 14.0. The number of likely N-dealkylation sites (tertiary alicyclic amines) is 1. The van der Waals surface area contributed by atoms with E-state index < -0.39 is 0 Å². The van der Waals surface area contributed by atoms with Crippen LogP contribution in [-0.2, 0) is 19.1 Å². The lowest BCUT2D eigenvalue weighted by atomic mass is 9.77. The molecule has 0 aromatic rings. The predicted molar refractivity (Wildman–Crippen MR) is 209 cm³/mol. The van der Waals surface area contributed by atoms with Crippen molar-refractivity contribution in [3.05, 3.63) is 0 Å². The number of esters is 2. The van der Waals surface area contributed by atoms with Crippen LogP contribution in [0.4, 0.5) is 0 Å². The van der Waals surface area contributed by atoms with Gasteiger partial charge >= 0.3 is 11.9 Å². The summed E-state index contributed by atoms with van der Waals surface area (Å²) in [6.07, 6.45) is 31.5. The van der Waals surface area contributed by atoms with Gasteiger partial charge in [-0.15, -0.1) is 0 Å². The van der Waals surface area contributed by atoms with Gasteiger partial charge in [-0.2, -0.15) is 0 Å². The van der Waals surface area contributed by atoms with Gasteiger partial charge < -0.3 is 19.5 Å². The highest BCUT2D eigenvalue weighted by Gasteiger charge is 2.50. The minimum Gasteiger partial charge on any atom is -0.458 e. The second-order valence-electron chi connectivity index (χ2n) is 16.5. The van der Waals surface area contributed by atoms with E-state index in [9.17, 15) is 14.7 Å². The van der Waals surface area contributed by atoms with Crippen LogP contribution in [0, 0.1) is 17.3 Å². The van der Waals surface area contributed by atoms with Gasteiger partial charge in [0.25, 0.3) is 0 Å². The van der Waals surface area contributed by atoms with Crippen LogP contribution in [0.2, 0.25) is 0 Å². The second kappa shape index (κ2) is 28.4. The molecule has 1 saturated heterocycles. The van der Waals surface area contributed by atoms with Crippen LogP contribution in [-0.4, -0.2) is 60.4 Å². The monoisotopic (exact) mass is 706 g/mol. The van der Waals surface area contributed by atoms with Crippen LogP contribution in [0.15, 0.2) is 0 Å². The maximum Gasteiger partial charge on any atom is 0.309 e. The summed E-state index contributed by atoms with van der Waals surface area (Å²) in [5.41, 5.74) is 0.0528. The van der Waals surface area contributed by atoms with Gasteiger partial charge in [0.2, 0.25) is 0 Å². The number of hydrogen-bond donors (Lipinski definition) is 1. The molecule has 1 saturated carbocycles. The van der Waals surface area contributed by atoms with Crippen LogP contribution in [0.3, 0.4) is 0 Å². The number of ether oxygens (including phenoxy) is 2. The summed E-state index contributed by atoms with van der Waals surface area (Å²) >= 11 is 0. The highest BCUT2D eigenvalue weighted by molar-refractivity contribution is 5.74. The standard InChI is InChI=1S/C44H83NO5/c1-5-9-13-17-21-26-38(27-22-18-14-10-6-2)42(47)49-40-36-44(30-33-45(34-31-44)32-25-35-46)37-41(40)50-43(48)39(28-23-19-15-11-7-3)29-24-20-16-12-8-4/h38-41,46H,5-37H2,1-4H3/t40-,41-/m1/s1. The molecular weight excluding hydrogens is 622 g/mol. The molecular formula is C44H83NO5. The summed E-state index contributed by atoms with van der Waals surface area (Å²) in [4.78, 5) is 30.5. The molecule has 294 valence electrons. The molecule has 6 nitrogen and oxygen atoms in total. The van der Waals surface area contributed by atoms with Crippen LogP contribution < -0.4 is 0 Å². The quantitative estimate of drug-likeness (QED) is 0.0571. The van der Waals surface area contributed by atoms with E-state index in [4.69, 9.17) is 9.47 Å².